The van der Waals surface area contributed by atoms with Gasteiger partial charge in [0, 0.05) is 6.04 Å². The highest BCUT2D eigenvalue weighted by Gasteiger charge is 2.35. The number of ether oxygens (including phenoxy) is 1. The third-order valence-electron chi connectivity index (χ3n) is 3.57. The monoisotopic (exact) mass is 277 g/mol. The summed E-state index contributed by atoms with van der Waals surface area (Å²) in [5.74, 6) is 0.176. The van der Waals surface area contributed by atoms with Crippen molar-refractivity contribution in [1.82, 2.24) is 5.01 Å². The van der Waals surface area contributed by atoms with E-state index < -0.39 is 12.3 Å². The molecule has 1 aromatic carbocycles. The van der Waals surface area contributed by atoms with E-state index in [9.17, 15) is 5.11 Å². The van der Waals surface area contributed by atoms with Gasteiger partial charge < -0.3 is 15.6 Å². The van der Waals surface area contributed by atoms with Gasteiger partial charge in [-0.2, -0.15) is 0 Å². The quantitative estimate of drug-likeness (QED) is 0.854. The van der Waals surface area contributed by atoms with Crippen molar-refractivity contribution in [3.8, 4) is 0 Å². The van der Waals surface area contributed by atoms with Crippen LogP contribution in [0, 0.1) is 12.8 Å². The molecule has 0 saturated heterocycles. The SMILES string of the molecule is Cc1cccc(CN2N=COC2C(O)C(N)C(C)C)c1. The van der Waals surface area contributed by atoms with Crippen molar-refractivity contribution in [2.45, 2.75) is 45.7 Å². The Bertz CT molecular complexity index is 476. The minimum Gasteiger partial charge on any atom is -0.454 e. The van der Waals surface area contributed by atoms with Gasteiger partial charge in [-0.05, 0) is 18.4 Å². The van der Waals surface area contributed by atoms with E-state index in [1.165, 1.54) is 12.0 Å². The van der Waals surface area contributed by atoms with Crippen molar-refractivity contribution in [3.63, 3.8) is 0 Å². The van der Waals surface area contributed by atoms with Crippen molar-refractivity contribution < 1.29 is 9.84 Å². The molecule has 5 nitrogen and oxygen atoms in total. The molecule has 0 radical (unpaired) electrons. The van der Waals surface area contributed by atoms with Gasteiger partial charge in [-0.3, -0.25) is 0 Å². The first-order valence-electron chi connectivity index (χ1n) is 6.93. The molecule has 3 unspecified atom stereocenters. The third kappa shape index (κ3) is 3.29. The maximum absolute atomic E-state index is 10.3. The number of hydrazone groups is 1. The van der Waals surface area contributed by atoms with E-state index in [-0.39, 0.29) is 12.0 Å². The molecule has 0 fully saturated rings. The van der Waals surface area contributed by atoms with Crippen molar-refractivity contribution in [2.75, 3.05) is 0 Å². The summed E-state index contributed by atoms with van der Waals surface area (Å²) in [6.07, 6.45) is 0.0757. The first-order valence-corrected chi connectivity index (χ1v) is 6.93. The van der Waals surface area contributed by atoms with Crippen LogP contribution in [0.25, 0.3) is 0 Å². The summed E-state index contributed by atoms with van der Waals surface area (Å²) >= 11 is 0. The van der Waals surface area contributed by atoms with Crippen LogP contribution in [0.4, 0.5) is 0 Å². The molecule has 1 aliphatic rings. The first-order chi connectivity index (χ1) is 9.49. The van der Waals surface area contributed by atoms with Crippen LogP contribution < -0.4 is 5.73 Å². The molecule has 5 heteroatoms. The fourth-order valence-electron chi connectivity index (χ4n) is 2.26. The Morgan fingerprint density at radius 3 is 2.85 bits per heavy atom. The van der Waals surface area contributed by atoms with E-state index in [0.29, 0.717) is 6.54 Å². The van der Waals surface area contributed by atoms with Crippen LogP contribution in [0.5, 0.6) is 0 Å². The number of hydrogen-bond donors (Lipinski definition) is 2. The largest absolute Gasteiger partial charge is 0.454 e. The Hall–Kier alpha value is -1.59. The molecule has 0 amide bonds. The van der Waals surface area contributed by atoms with E-state index in [1.54, 1.807) is 5.01 Å². The van der Waals surface area contributed by atoms with Gasteiger partial charge in [-0.15, -0.1) is 5.10 Å². The Balaban J connectivity index is 2.05. The van der Waals surface area contributed by atoms with E-state index in [4.69, 9.17) is 10.5 Å². The molecular weight excluding hydrogens is 254 g/mol. The molecule has 0 bridgehead atoms. The van der Waals surface area contributed by atoms with Crippen LogP contribution in [-0.2, 0) is 11.3 Å². The second kappa shape index (κ2) is 6.24. The summed E-state index contributed by atoms with van der Waals surface area (Å²) in [5.41, 5.74) is 8.33. The molecule has 1 heterocycles. The van der Waals surface area contributed by atoms with Crippen LogP contribution in [0.2, 0.25) is 0 Å². The van der Waals surface area contributed by atoms with E-state index in [2.05, 4.69) is 11.2 Å². The molecule has 1 aromatic rings. The van der Waals surface area contributed by atoms with Gasteiger partial charge in [0.15, 0.2) is 6.40 Å². The summed E-state index contributed by atoms with van der Waals surface area (Å²) in [5, 5.41) is 16.2. The number of aliphatic hydroxyl groups excluding tert-OH is 1. The molecule has 3 N–H and O–H groups in total. The molecule has 0 saturated carbocycles. The summed E-state index contributed by atoms with van der Waals surface area (Å²) < 4.78 is 5.41. The highest BCUT2D eigenvalue weighted by molar-refractivity contribution is 5.48. The minimum atomic E-state index is -0.776. The topological polar surface area (TPSA) is 71.1 Å². The Morgan fingerprint density at radius 1 is 1.45 bits per heavy atom. The molecule has 20 heavy (non-hydrogen) atoms. The van der Waals surface area contributed by atoms with Gasteiger partial charge in [-0.1, -0.05) is 43.7 Å². The molecular formula is C15H23N3O2. The Kier molecular flexibility index (Phi) is 4.62. The van der Waals surface area contributed by atoms with Gasteiger partial charge in [0.05, 0.1) is 6.54 Å². The lowest BCUT2D eigenvalue weighted by Gasteiger charge is -2.31. The summed E-state index contributed by atoms with van der Waals surface area (Å²) in [4.78, 5) is 0. The minimum absolute atomic E-state index is 0.176. The number of aliphatic hydroxyl groups is 1. The van der Waals surface area contributed by atoms with Crippen molar-refractivity contribution in [1.29, 1.82) is 0 Å². The fourth-order valence-corrected chi connectivity index (χ4v) is 2.26. The summed E-state index contributed by atoms with van der Waals surface area (Å²) in [6.45, 7) is 6.60. The first kappa shape index (κ1) is 14.8. The third-order valence-corrected chi connectivity index (χ3v) is 3.57. The van der Waals surface area contributed by atoms with Crippen LogP contribution >= 0.6 is 0 Å². The fraction of sp³-hybridized carbons (Fsp3) is 0.533. The van der Waals surface area contributed by atoms with Crippen molar-refractivity contribution in [2.24, 2.45) is 16.8 Å². The van der Waals surface area contributed by atoms with Gasteiger partial charge >= 0.3 is 0 Å². The molecule has 0 spiro atoms. The zero-order valence-electron chi connectivity index (χ0n) is 12.2. The second-order valence-corrected chi connectivity index (χ2v) is 5.65. The highest BCUT2D eigenvalue weighted by atomic mass is 16.5. The Labute approximate surface area is 120 Å². The zero-order valence-corrected chi connectivity index (χ0v) is 12.2. The second-order valence-electron chi connectivity index (χ2n) is 5.65. The van der Waals surface area contributed by atoms with Crippen molar-refractivity contribution in [3.05, 3.63) is 35.4 Å². The lowest BCUT2D eigenvalue weighted by atomic mass is 9.98. The van der Waals surface area contributed by atoms with Crippen LogP contribution in [0.1, 0.15) is 25.0 Å². The zero-order chi connectivity index (χ0) is 14.7. The maximum Gasteiger partial charge on any atom is 0.215 e. The summed E-state index contributed by atoms with van der Waals surface area (Å²) in [6, 6.07) is 7.85. The smallest absolute Gasteiger partial charge is 0.215 e. The number of aryl methyl sites for hydroxylation is 1. The highest BCUT2D eigenvalue weighted by Crippen LogP contribution is 2.20. The molecule has 110 valence electrons. The number of benzene rings is 1. The normalized spacial score (nSPS) is 21.1. The maximum atomic E-state index is 10.3. The van der Waals surface area contributed by atoms with E-state index in [0.717, 1.165) is 5.56 Å². The summed E-state index contributed by atoms with van der Waals surface area (Å²) in [7, 11) is 0. The standard InChI is InChI=1S/C15H23N3O2/c1-10(2)13(16)14(19)15-18(17-9-20-15)8-12-6-4-5-11(3)7-12/h4-7,9-10,13-15,19H,8,16H2,1-3H3. The predicted molar refractivity (Wildman–Crippen MR) is 78.9 cm³/mol. The van der Waals surface area contributed by atoms with Crippen LogP contribution in [0.3, 0.4) is 0 Å². The van der Waals surface area contributed by atoms with Gasteiger partial charge in [0.1, 0.15) is 6.10 Å². The molecule has 0 aromatic heterocycles. The molecule has 3 atom stereocenters. The van der Waals surface area contributed by atoms with Gasteiger partial charge in [-0.25, -0.2) is 5.01 Å². The number of rotatable bonds is 5. The number of nitrogens with two attached hydrogens (primary N) is 1. The molecule has 1 aliphatic heterocycles. The van der Waals surface area contributed by atoms with Gasteiger partial charge in [0.2, 0.25) is 6.23 Å². The van der Waals surface area contributed by atoms with Crippen LogP contribution in [-0.4, -0.2) is 34.9 Å². The van der Waals surface area contributed by atoms with Gasteiger partial charge in [0.25, 0.3) is 0 Å². The predicted octanol–water partition coefficient (Wildman–Crippen LogP) is 1.44. The lowest BCUT2D eigenvalue weighted by Crippen LogP contribution is -2.51. The molecule has 0 aliphatic carbocycles. The van der Waals surface area contributed by atoms with Crippen molar-refractivity contribution >= 4 is 6.40 Å². The average molecular weight is 277 g/mol. The van der Waals surface area contributed by atoms with E-state index >= 15 is 0 Å². The number of nitrogens with zero attached hydrogens (tertiary/aromatic N) is 2. The average Bonchev–Trinajstić information content (AvgIpc) is 2.85. The number of hydrogen-bond acceptors (Lipinski definition) is 5. The van der Waals surface area contributed by atoms with E-state index in [1.807, 2.05) is 39.0 Å². The van der Waals surface area contributed by atoms with Crippen LogP contribution in [0.15, 0.2) is 29.4 Å². The lowest BCUT2D eigenvalue weighted by molar-refractivity contribution is -0.0665. The Morgan fingerprint density at radius 2 is 2.20 bits per heavy atom. The molecule has 2 rings (SSSR count).